The Balaban J connectivity index is 2.05. The second kappa shape index (κ2) is 9.76. The van der Waals surface area contributed by atoms with Gasteiger partial charge in [-0.3, -0.25) is 0 Å². The number of hydrogen-bond donors (Lipinski definition) is 1. The van der Waals surface area contributed by atoms with E-state index in [0.717, 1.165) is 16.8 Å². The summed E-state index contributed by atoms with van der Waals surface area (Å²) in [6.07, 6.45) is -0.904. The summed E-state index contributed by atoms with van der Waals surface area (Å²) in [6.45, 7) is 16.8. The Morgan fingerprint density at radius 1 is 1.09 bits per heavy atom. The minimum atomic E-state index is -2.12. The molecule has 0 aliphatic carbocycles. The van der Waals surface area contributed by atoms with Gasteiger partial charge >= 0.3 is 5.97 Å². The van der Waals surface area contributed by atoms with Crippen molar-refractivity contribution in [1.29, 1.82) is 0 Å². The number of benzene rings is 2. The molecular formula is C27H35NO5Si. The molecule has 0 amide bonds. The zero-order chi connectivity index (χ0) is 25.3. The molecule has 1 heterocycles. The molecule has 6 nitrogen and oxygen atoms in total. The van der Waals surface area contributed by atoms with Crippen molar-refractivity contribution in [3.63, 3.8) is 0 Å². The van der Waals surface area contributed by atoms with Crippen molar-refractivity contribution < 1.29 is 23.6 Å². The summed E-state index contributed by atoms with van der Waals surface area (Å²) in [5, 5.41) is 15.4. The number of ether oxygens (including phenoxy) is 1. The average molecular weight is 482 g/mol. The van der Waals surface area contributed by atoms with Crippen LogP contribution in [0.2, 0.25) is 18.1 Å². The molecular weight excluding hydrogens is 446 g/mol. The van der Waals surface area contributed by atoms with Crippen LogP contribution in [0.25, 0.3) is 11.1 Å². The van der Waals surface area contributed by atoms with Crippen LogP contribution in [0.1, 0.15) is 66.7 Å². The monoisotopic (exact) mass is 481 g/mol. The Kier molecular flexibility index (Phi) is 7.38. The molecule has 0 bridgehead atoms. The summed E-state index contributed by atoms with van der Waals surface area (Å²) in [5.74, 6) is 1.04. The molecule has 0 fully saturated rings. The highest BCUT2D eigenvalue weighted by molar-refractivity contribution is 6.74. The minimum Gasteiger partial charge on any atom is -0.543 e. The van der Waals surface area contributed by atoms with Gasteiger partial charge in [-0.1, -0.05) is 38.1 Å². The van der Waals surface area contributed by atoms with Crippen LogP contribution in [-0.4, -0.2) is 31.2 Å². The van der Waals surface area contributed by atoms with E-state index in [1.807, 2.05) is 32.0 Å². The van der Waals surface area contributed by atoms with Gasteiger partial charge in [-0.05, 0) is 85.9 Å². The molecule has 2 aromatic carbocycles. The lowest BCUT2D eigenvalue weighted by Gasteiger charge is -2.36. The fourth-order valence-corrected chi connectivity index (χ4v) is 4.55. The molecule has 0 aliphatic rings. The number of carbonyl (C=O) groups excluding carboxylic acids is 1. The van der Waals surface area contributed by atoms with E-state index in [1.54, 1.807) is 31.2 Å². The maximum atomic E-state index is 12.0. The third-order valence-corrected chi connectivity index (χ3v) is 10.8. The molecule has 182 valence electrons. The lowest BCUT2D eigenvalue weighted by atomic mass is 9.95. The van der Waals surface area contributed by atoms with Gasteiger partial charge in [0, 0.05) is 5.56 Å². The highest BCUT2D eigenvalue weighted by Gasteiger charge is 2.39. The highest BCUT2D eigenvalue weighted by Crippen LogP contribution is 2.40. The Morgan fingerprint density at radius 2 is 1.74 bits per heavy atom. The Morgan fingerprint density at radius 3 is 2.26 bits per heavy atom. The van der Waals surface area contributed by atoms with Gasteiger partial charge in [0.05, 0.1) is 17.9 Å². The number of nitrogens with zero attached hydrogens (tertiary/aromatic N) is 1. The summed E-state index contributed by atoms with van der Waals surface area (Å²) in [4.78, 5) is 12.0. The van der Waals surface area contributed by atoms with Gasteiger partial charge in [0.1, 0.15) is 17.6 Å². The first-order valence-electron chi connectivity index (χ1n) is 11.6. The van der Waals surface area contributed by atoms with Crippen LogP contribution in [-0.2, 0) is 4.74 Å². The van der Waals surface area contributed by atoms with Gasteiger partial charge in [-0.15, -0.1) is 0 Å². The number of aliphatic hydroxyl groups is 1. The smallest absolute Gasteiger partial charge is 0.338 e. The molecule has 1 unspecified atom stereocenters. The average Bonchev–Trinajstić information content (AvgIpc) is 3.10. The van der Waals surface area contributed by atoms with E-state index >= 15 is 0 Å². The normalized spacial score (nSPS) is 13.0. The summed E-state index contributed by atoms with van der Waals surface area (Å²) in [6, 6.07) is 12.7. The summed E-state index contributed by atoms with van der Waals surface area (Å²) in [5.41, 5.74) is 4.36. The molecule has 7 heteroatoms. The SMILES string of the molecule is CCOC(=O)c1ccc(C(O)c2cc(O[Si](C)(C)C(C)(C)C)cc(-c3c(C)noc3C)c2)cc1. The molecule has 0 radical (unpaired) electrons. The third-order valence-electron chi connectivity index (χ3n) is 6.48. The number of aryl methyl sites for hydroxylation is 2. The number of aliphatic hydroxyl groups excluding tert-OH is 1. The van der Waals surface area contributed by atoms with Crippen LogP contribution in [0.4, 0.5) is 0 Å². The maximum Gasteiger partial charge on any atom is 0.338 e. The first-order valence-corrected chi connectivity index (χ1v) is 14.5. The van der Waals surface area contributed by atoms with Gasteiger partial charge < -0.3 is 18.8 Å². The molecule has 3 aromatic rings. The fraction of sp³-hybridized carbons (Fsp3) is 0.407. The van der Waals surface area contributed by atoms with E-state index in [0.29, 0.717) is 34.8 Å². The zero-order valence-corrected chi connectivity index (χ0v) is 22.4. The fourth-order valence-electron chi connectivity index (χ4n) is 3.53. The summed E-state index contributed by atoms with van der Waals surface area (Å²) in [7, 11) is -2.12. The van der Waals surface area contributed by atoms with E-state index in [9.17, 15) is 9.90 Å². The van der Waals surface area contributed by atoms with Gasteiger partial charge in [0.25, 0.3) is 0 Å². The lowest BCUT2D eigenvalue weighted by molar-refractivity contribution is 0.0526. The molecule has 1 aromatic heterocycles. The minimum absolute atomic E-state index is 0.0216. The van der Waals surface area contributed by atoms with Gasteiger partial charge in [-0.2, -0.15) is 0 Å². The number of carbonyl (C=O) groups is 1. The maximum absolute atomic E-state index is 12.0. The van der Waals surface area contributed by atoms with Crippen LogP contribution in [0.15, 0.2) is 47.0 Å². The second-order valence-electron chi connectivity index (χ2n) is 10.1. The van der Waals surface area contributed by atoms with Crippen molar-refractivity contribution in [3.05, 3.63) is 70.6 Å². The lowest BCUT2D eigenvalue weighted by Crippen LogP contribution is -2.43. The van der Waals surface area contributed by atoms with Crippen LogP contribution in [0.5, 0.6) is 5.75 Å². The number of aromatic nitrogens is 1. The molecule has 0 spiro atoms. The van der Waals surface area contributed by atoms with Gasteiger partial charge in [-0.25, -0.2) is 4.79 Å². The van der Waals surface area contributed by atoms with Crippen LogP contribution in [0.3, 0.4) is 0 Å². The molecule has 34 heavy (non-hydrogen) atoms. The van der Waals surface area contributed by atoms with Crippen molar-refractivity contribution in [2.75, 3.05) is 6.61 Å². The second-order valence-corrected chi connectivity index (χ2v) is 14.8. The molecule has 3 rings (SSSR count). The third kappa shape index (κ3) is 5.42. The van der Waals surface area contributed by atoms with Gasteiger partial charge in [0.15, 0.2) is 0 Å². The van der Waals surface area contributed by atoms with Gasteiger partial charge in [0.2, 0.25) is 8.32 Å². The van der Waals surface area contributed by atoms with Crippen molar-refractivity contribution >= 4 is 14.3 Å². The van der Waals surface area contributed by atoms with Crippen molar-refractivity contribution in [3.8, 4) is 16.9 Å². The summed E-state index contributed by atoms with van der Waals surface area (Å²) < 4.78 is 17.1. The number of hydrogen-bond acceptors (Lipinski definition) is 6. The molecule has 0 aliphatic heterocycles. The summed E-state index contributed by atoms with van der Waals surface area (Å²) >= 11 is 0. The standard InChI is InChI=1S/C27H35NO5Si/c1-9-31-26(30)20-12-10-19(11-13-20)25(29)22-14-21(24-17(2)28-32-18(24)3)15-23(16-22)33-34(7,8)27(4,5)6/h10-16,25,29H,9H2,1-8H3. The van der Waals surface area contributed by atoms with Crippen molar-refractivity contribution in [2.24, 2.45) is 0 Å². The van der Waals surface area contributed by atoms with E-state index in [4.69, 9.17) is 13.7 Å². The topological polar surface area (TPSA) is 81.8 Å². The Labute approximate surface area is 203 Å². The van der Waals surface area contributed by atoms with Crippen LogP contribution < -0.4 is 4.43 Å². The Bertz CT molecular complexity index is 1140. The quantitative estimate of drug-likeness (QED) is 0.302. The predicted octanol–water partition coefficient (Wildman–Crippen LogP) is 6.60. The first kappa shape index (κ1) is 25.7. The van der Waals surface area contributed by atoms with E-state index in [2.05, 4.69) is 39.0 Å². The van der Waals surface area contributed by atoms with E-state index < -0.39 is 14.4 Å². The van der Waals surface area contributed by atoms with E-state index in [-0.39, 0.29) is 11.0 Å². The van der Waals surface area contributed by atoms with Crippen LogP contribution in [0, 0.1) is 13.8 Å². The molecule has 1 N–H and O–H groups in total. The first-order chi connectivity index (χ1) is 15.8. The molecule has 1 atom stereocenters. The molecule has 0 saturated heterocycles. The number of esters is 1. The highest BCUT2D eigenvalue weighted by atomic mass is 28.4. The molecule has 0 saturated carbocycles. The predicted molar refractivity (Wildman–Crippen MR) is 136 cm³/mol. The number of rotatable bonds is 7. The largest absolute Gasteiger partial charge is 0.543 e. The van der Waals surface area contributed by atoms with Crippen molar-refractivity contribution in [2.45, 2.75) is 65.8 Å². The Hall–Kier alpha value is -2.90. The van der Waals surface area contributed by atoms with E-state index in [1.165, 1.54) is 0 Å². The zero-order valence-electron chi connectivity index (χ0n) is 21.4. The van der Waals surface area contributed by atoms with Crippen LogP contribution >= 0.6 is 0 Å². The van der Waals surface area contributed by atoms with Crippen molar-refractivity contribution in [1.82, 2.24) is 5.16 Å².